The number of fused-ring (bicyclic) bond motifs is 2. The normalized spacial score (nSPS) is 17.8. The van der Waals surface area contributed by atoms with Crippen molar-refractivity contribution in [3.8, 4) is 17.4 Å². The number of rotatable bonds is 7. The maximum absolute atomic E-state index is 11.3. The third kappa shape index (κ3) is 5.80. The Morgan fingerprint density at radius 3 is 2.70 bits per heavy atom. The first-order valence-electron chi connectivity index (χ1n) is 12.5. The van der Waals surface area contributed by atoms with E-state index in [-0.39, 0.29) is 6.61 Å². The molecule has 3 heterocycles. The molecule has 1 aromatic heterocycles. The highest BCUT2D eigenvalue weighted by Crippen LogP contribution is 2.41. The number of carbonyl (C=O) groups excluding carboxylic acids is 1. The zero-order valence-electron chi connectivity index (χ0n) is 20.5. The molecule has 1 saturated heterocycles. The minimum absolute atomic E-state index is 0.196. The first-order chi connectivity index (χ1) is 17.9. The third-order valence-corrected chi connectivity index (χ3v) is 7.30. The SMILES string of the molecule is NC(=O)COc1cccc2c1CC(=CCCN1CCC(O)(c3ccc(Cl)cc3)CC1)c1cccnc1O2. The number of hydrogen-bond acceptors (Lipinski definition) is 6. The number of pyridine rings is 1. The standard InChI is InChI=1S/C29H30ClN3O4/c30-22-10-8-21(9-11-22)29(35)12-16-33(17-13-29)15-3-4-20-18-24-25(36-19-27(31)34)6-1-7-26(24)37-28-23(20)5-2-14-32-28/h1-2,4-11,14,35H,3,12-13,15-19H2,(H2,31,34). The number of nitrogens with two attached hydrogens (primary N) is 1. The van der Waals surface area contributed by atoms with Crippen molar-refractivity contribution in [1.82, 2.24) is 9.88 Å². The summed E-state index contributed by atoms with van der Waals surface area (Å²) in [6.45, 7) is 2.32. The summed E-state index contributed by atoms with van der Waals surface area (Å²) in [6.07, 6.45) is 6.72. The molecule has 1 fully saturated rings. The number of amides is 1. The van der Waals surface area contributed by atoms with Gasteiger partial charge in [-0.1, -0.05) is 35.9 Å². The van der Waals surface area contributed by atoms with Crippen LogP contribution < -0.4 is 15.2 Å². The van der Waals surface area contributed by atoms with E-state index in [1.54, 1.807) is 6.20 Å². The van der Waals surface area contributed by atoms with Gasteiger partial charge in [-0.25, -0.2) is 4.98 Å². The molecule has 192 valence electrons. The number of primary amides is 1. The van der Waals surface area contributed by atoms with Crippen LogP contribution in [0.1, 0.15) is 36.0 Å². The lowest BCUT2D eigenvalue weighted by atomic mass is 9.84. The summed E-state index contributed by atoms with van der Waals surface area (Å²) in [7, 11) is 0. The number of allylic oxidation sites excluding steroid dienone is 1. The number of piperidine rings is 1. The van der Waals surface area contributed by atoms with E-state index in [4.69, 9.17) is 26.8 Å². The maximum Gasteiger partial charge on any atom is 0.255 e. The Balaban J connectivity index is 1.29. The second-order valence-electron chi connectivity index (χ2n) is 9.52. The first-order valence-corrected chi connectivity index (χ1v) is 12.9. The molecule has 37 heavy (non-hydrogen) atoms. The fourth-order valence-electron chi connectivity index (χ4n) is 5.00. The highest BCUT2D eigenvalue weighted by molar-refractivity contribution is 6.30. The molecule has 7 nitrogen and oxygen atoms in total. The van der Waals surface area contributed by atoms with Gasteiger partial charge in [0, 0.05) is 48.4 Å². The van der Waals surface area contributed by atoms with Gasteiger partial charge in [-0.15, -0.1) is 0 Å². The molecule has 3 aromatic rings. The van der Waals surface area contributed by atoms with Crippen molar-refractivity contribution in [2.45, 2.75) is 31.3 Å². The fraction of sp³-hybridized carbons (Fsp3) is 0.310. The van der Waals surface area contributed by atoms with Gasteiger partial charge in [-0.2, -0.15) is 0 Å². The van der Waals surface area contributed by atoms with Crippen LogP contribution in [0.3, 0.4) is 0 Å². The molecule has 0 spiro atoms. The minimum Gasteiger partial charge on any atom is -0.483 e. The molecule has 0 radical (unpaired) electrons. The molecule has 5 rings (SSSR count). The van der Waals surface area contributed by atoms with Crippen LogP contribution in [0.5, 0.6) is 17.4 Å². The molecule has 0 unspecified atom stereocenters. The largest absolute Gasteiger partial charge is 0.483 e. The van der Waals surface area contributed by atoms with Crippen LogP contribution in [0.25, 0.3) is 5.57 Å². The van der Waals surface area contributed by atoms with Gasteiger partial charge in [0.05, 0.1) is 5.60 Å². The van der Waals surface area contributed by atoms with Gasteiger partial charge in [0.1, 0.15) is 11.5 Å². The van der Waals surface area contributed by atoms with Crippen molar-refractivity contribution in [1.29, 1.82) is 0 Å². The first kappa shape index (κ1) is 25.3. The van der Waals surface area contributed by atoms with Crippen LogP contribution in [0, 0.1) is 0 Å². The van der Waals surface area contributed by atoms with E-state index in [0.717, 1.165) is 48.3 Å². The minimum atomic E-state index is -0.812. The summed E-state index contributed by atoms with van der Waals surface area (Å²) in [5.74, 6) is 1.25. The fourth-order valence-corrected chi connectivity index (χ4v) is 5.13. The molecular weight excluding hydrogens is 490 g/mol. The second-order valence-corrected chi connectivity index (χ2v) is 9.96. The number of carbonyl (C=O) groups is 1. The van der Waals surface area contributed by atoms with Crippen molar-refractivity contribution in [3.63, 3.8) is 0 Å². The predicted octanol–water partition coefficient (Wildman–Crippen LogP) is 4.70. The highest BCUT2D eigenvalue weighted by Gasteiger charge is 2.33. The number of aliphatic hydroxyl groups is 1. The number of ether oxygens (including phenoxy) is 2. The second kappa shape index (κ2) is 10.9. The molecule has 8 heteroatoms. The van der Waals surface area contributed by atoms with E-state index in [9.17, 15) is 9.90 Å². The molecule has 3 N–H and O–H groups in total. The lowest BCUT2D eigenvalue weighted by Crippen LogP contribution is -2.42. The van der Waals surface area contributed by atoms with Crippen molar-refractivity contribution in [2.24, 2.45) is 5.73 Å². The Morgan fingerprint density at radius 2 is 1.95 bits per heavy atom. The Labute approximate surface area is 221 Å². The summed E-state index contributed by atoms with van der Waals surface area (Å²) in [6, 6.07) is 16.9. The van der Waals surface area contributed by atoms with Gasteiger partial charge < -0.3 is 25.2 Å². The smallest absolute Gasteiger partial charge is 0.255 e. The molecule has 2 aliphatic rings. The van der Waals surface area contributed by atoms with Crippen LogP contribution in [0.2, 0.25) is 5.02 Å². The van der Waals surface area contributed by atoms with E-state index in [2.05, 4.69) is 16.0 Å². The topological polar surface area (TPSA) is 97.9 Å². The molecular formula is C29H30ClN3O4. The van der Waals surface area contributed by atoms with E-state index in [1.165, 1.54) is 0 Å². The van der Waals surface area contributed by atoms with Gasteiger partial charge in [-0.3, -0.25) is 4.79 Å². The highest BCUT2D eigenvalue weighted by atomic mass is 35.5. The van der Waals surface area contributed by atoms with Crippen molar-refractivity contribution in [3.05, 3.63) is 88.6 Å². The molecule has 0 saturated carbocycles. The van der Waals surface area contributed by atoms with Gasteiger partial charge in [0.15, 0.2) is 6.61 Å². The molecule has 0 atom stereocenters. The zero-order chi connectivity index (χ0) is 25.8. The average Bonchev–Trinajstić information content (AvgIpc) is 3.06. The Kier molecular flexibility index (Phi) is 7.46. The van der Waals surface area contributed by atoms with Gasteiger partial charge >= 0.3 is 0 Å². The van der Waals surface area contributed by atoms with Gasteiger partial charge in [-0.05, 0) is 66.8 Å². The lowest BCUT2D eigenvalue weighted by Gasteiger charge is -2.38. The number of hydrogen-bond donors (Lipinski definition) is 2. The summed E-state index contributed by atoms with van der Waals surface area (Å²) in [5, 5.41) is 11.8. The predicted molar refractivity (Wildman–Crippen MR) is 143 cm³/mol. The Bertz CT molecular complexity index is 1300. The van der Waals surface area contributed by atoms with E-state index in [1.807, 2.05) is 54.6 Å². The zero-order valence-corrected chi connectivity index (χ0v) is 21.3. The summed E-state index contributed by atoms with van der Waals surface area (Å²) in [4.78, 5) is 18.1. The summed E-state index contributed by atoms with van der Waals surface area (Å²) < 4.78 is 11.8. The lowest BCUT2D eigenvalue weighted by molar-refractivity contribution is -0.119. The number of halogens is 1. The molecule has 1 amide bonds. The molecule has 0 aliphatic carbocycles. The van der Waals surface area contributed by atoms with Crippen molar-refractivity contribution < 1.29 is 19.4 Å². The van der Waals surface area contributed by atoms with E-state index >= 15 is 0 Å². The van der Waals surface area contributed by atoms with Crippen LogP contribution in [0.15, 0.2) is 66.9 Å². The van der Waals surface area contributed by atoms with Crippen LogP contribution >= 0.6 is 11.6 Å². The molecule has 0 bridgehead atoms. The van der Waals surface area contributed by atoms with Crippen molar-refractivity contribution >= 4 is 23.1 Å². The van der Waals surface area contributed by atoms with Crippen LogP contribution in [-0.4, -0.2) is 47.1 Å². The van der Waals surface area contributed by atoms with Crippen LogP contribution in [0.4, 0.5) is 0 Å². The van der Waals surface area contributed by atoms with Crippen LogP contribution in [-0.2, 0) is 16.8 Å². The molecule has 2 aliphatic heterocycles. The monoisotopic (exact) mass is 519 g/mol. The van der Waals surface area contributed by atoms with Gasteiger partial charge in [0.2, 0.25) is 5.88 Å². The number of aromatic nitrogens is 1. The maximum atomic E-state index is 11.3. The quantitative estimate of drug-likeness (QED) is 0.469. The number of benzene rings is 2. The summed E-state index contributed by atoms with van der Waals surface area (Å²) in [5.41, 5.74) is 8.30. The van der Waals surface area contributed by atoms with Crippen molar-refractivity contribution in [2.75, 3.05) is 26.2 Å². The Morgan fingerprint density at radius 1 is 1.16 bits per heavy atom. The van der Waals surface area contributed by atoms with E-state index in [0.29, 0.717) is 41.7 Å². The summed E-state index contributed by atoms with van der Waals surface area (Å²) >= 11 is 6.01. The van der Waals surface area contributed by atoms with E-state index < -0.39 is 11.5 Å². The average molecular weight is 520 g/mol. The van der Waals surface area contributed by atoms with Gasteiger partial charge in [0.25, 0.3) is 5.91 Å². The molecule has 2 aromatic carbocycles. The number of nitrogens with zero attached hydrogens (tertiary/aromatic N) is 2. The Hall–Kier alpha value is -3.39. The number of likely N-dealkylation sites (tertiary alicyclic amines) is 1. The third-order valence-electron chi connectivity index (χ3n) is 7.05.